The fourth-order valence-electron chi connectivity index (χ4n) is 1.68. The molecule has 1 N–H and O–H groups in total. The summed E-state index contributed by atoms with van der Waals surface area (Å²) >= 11 is 2.24. The molecule has 0 aliphatic heterocycles. The van der Waals surface area contributed by atoms with Crippen molar-refractivity contribution >= 4 is 22.9 Å². The number of unbranched alkanes of at least 4 members (excludes halogenated alkanes) is 6. The van der Waals surface area contributed by atoms with Gasteiger partial charge in [0.1, 0.15) is 0 Å². The van der Waals surface area contributed by atoms with Crippen LogP contribution in [0.3, 0.4) is 0 Å². The van der Waals surface area contributed by atoms with Gasteiger partial charge in [-0.25, -0.2) is 0 Å². The summed E-state index contributed by atoms with van der Waals surface area (Å²) in [5.74, 6) is 0.850. The Morgan fingerprint density at radius 1 is 1.00 bits per heavy atom. The highest BCUT2D eigenvalue weighted by Crippen LogP contribution is 2.12. The van der Waals surface area contributed by atoms with Gasteiger partial charge in [-0.3, -0.25) is 3.53 Å². The summed E-state index contributed by atoms with van der Waals surface area (Å²) in [6.07, 6.45) is 11.4. The van der Waals surface area contributed by atoms with E-state index in [0.29, 0.717) is 0 Å². The van der Waals surface area contributed by atoms with Gasteiger partial charge in [0.25, 0.3) is 0 Å². The van der Waals surface area contributed by atoms with Crippen LogP contribution >= 0.6 is 22.9 Å². The zero-order valence-electron chi connectivity index (χ0n) is 9.82. The molecule has 0 rings (SSSR count). The van der Waals surface area contributed by atoms with E-state index in [1.54, 1.807) is 0 Å². The lowest BCUT2D eigenvalue weighted by Gasteiger charge is -2.08. The Hall–Kier alpha value is 0.690. The van der Waals surface area contributed by atoms with Gasteiger partial charge >= 0.3 is 0 Å². The highest BCUT2D eigenvalue weighted by atomic mass is 127. The predicted molar refractivity (Wildman–Crippen MR) is 73.8 cm³/mol. The van der Waals surface area contributed by atoms with Gasteiger partial charge in [-0.2, -0.15) is 0 Å². The summed E-state index contributed by atoms with van der Waals surface area (Å²) in [6.45, 7) is 5.78. The molecule has 0 bridgehead atoms. The Kier molecular flexibility index (Phi) is 12.3. The molecular formula is C12H26IN. The van der Waals surface area contributed by atoms with E-state index in [1.807, 2.05) is 0 Å². The van der Waals surface area contributed by atoms with Gasteiger partial charge in [0.15, 0.2) is 0 Å². The first kappa shape index (κ1) is 14.7. The second kappa shape index (κ2) is 11.8. The summed E-state index contributed by atoms with van der Waals surface area (Å²) < 4.78 is 3.21. The van der Waals surface area contributed by atoms with E-state index in [-0.39, 0.29) is 0 Å². The SMILES string of the molecule is CCCCCCCCCC(C)CNI. The van der Waals surface area contributed by atoms with E-state index in [4.69, 9.17) is 0 Å². The first-order chi connectivity index (χ1) is 6.81. The Balaban J connectivity index is 2.98. The molecule has 86 valence electrons. The van der Waals surface area contributed by atoms with Crippen molar-refractivity contribution in [1.82, 2.24) is 3.53 Å². The van der Waals surface area contributed by atoms with Crippen molar-refractivity contribution < 1.29 is 0 Å². The van der Waals surface area contributed by atoms with E-state index in [9.17, 15) is 0 Å². The lowest BCUT2D eigenvalue weighted by atomic mass is 10.0. The second-order valence-corrected chi connectivity index (χ2v) is 5.12. The maximum Gasteiger partial charge on any atom is 0.0169 e. The summed E-state index contributed by atoms with van der Waals surface area (Å²) in [5.41, 5.74) is 0. The fourth-order valence-corrected chi connectivity index (χ4v) is 2.44. The molecule has 0 aliphatic carbocycles. The van der Waals surface area contributed by atoms with Crippen LogP contribution in [0.5, 0.6) is 0 Å². The third kappa shape index (κ3) is 10.8. The van der Waals surface area contributed by atoms with Gasteiger partial charge in [0, 0.05) is 29.4 Å². The van der Waals surface area contributed by atoms with Crippen molar-refractivity contribution in [3.63, 3.8) is 0 Å². The molecule has 1 nitrogen and oxygen atoms in total. The Labute approximate surface area is 104 Å². The minimum absolute atomic E-state index is 0.850. The van der Waals surface area contributed by atoms with E-state index in [1.165, 1.54) is 51.4 Å². The van der Waals surface area contributed by atoms with Gasteiger partial charge in [-0.05, 0) is 12.3 Å². The lowest BCUT2D eigenvalue weighted by molar-refractivity contribution is 0.484. The topological polar surface area (TPSA) is 12.0 Å². The highest BCUT2D eigenvalue weighted by Gasteiger charge is 1.99. The smallest absolute Gasteiger partial charge is 0.0169 e. The minimum atomic E-state index is 0.850. The van der Waals surface area contributed by atoms with Crippen LogP contribution in [0.15, 0.2) is 0 Å². The number of hydrogen-bond acceptors (Lipinski definition) is 1. The first-order valence-electron chi connectivity index (χ1n) is 6.14. The standard InChI is InChI=1S/C12H26IN/c1-3-4-5-6-7-8-9-10-12(2)11-14-13/h12,14H,3-11H2,1-2H3. The van der Waals surface area contributed by atoms with Crippen LogP contribution in [-0.2, 0) is 0 Å². The molecule has 0 heterocycles. The molecule has 0 aromatic carbocycles. The van der Waals surface area contributed by atoms with Crippen molar-refractivity contribution in [3.05, 3.63) is 0 Å². The molecule has 1 atom stereocenters. The molecule has 0 aromatic rings. The molecule has 0 spiro atoms. The number of nitrogens with one attached hydrogen (secondary N) is 1. The van der Waals surface area contributed by atoms with Crippen molar-refractivity contribution in [2.24, 2.45) is 5.92 Å². The molecule has 0 fully saturated rings. The fraction of sp³-hybridized carbons (Fsp3) is 1.00. The average molecular weight is 311 g/mol. The second-order valence-electron chi connectivity index (χ2n) is 4.35. The quantitative estimate of drug-likeness (QED) is 0.350. The zero-order valence-corrected chi connectivity index (χ0v) is 12.0. The van der Waals surface area contributed by atoms with Gasteiger partial charge in [0.2, 0.25) is 0 Å². The molecule has 0 radical (unpaired) electrons. The molecule has 0 saturated heterocycles. The van der Waals surface area contributed by atoms with Crippen molar-refractivity contribution in [2.45, 2.75) is 65.2 Å². The average Bonchev–Trinajstić information content (AvgIpc) is 2.17. The van der Waals surface area contributed by atoms with Crippen LogP contribution in [0.4, 0.5) is 0 Å². The first-order valence-corrected chi connectivity index (χ1v) is 7.22. The normalized spacial score (nSPS) is 13.1. The van der Waals surface area contributed by atoms with Gasteiger partial charge in [-0.1, -0.05) is 58.8 Å². The number of hydrogen-bond donors (Lipinski definition) is 1. The maximum atomic E-state index is 3.21. The van der Waals surface area contributed by atoms with E-state index in [0.717, 1.165) is 12.5 Å². The van der Waals surface area contributed by atoms with Crippen LogP contribution in [0.25, 0.3) is 0 Å². The monoisotopic (exact) mass is 311 g/mol. The number of halogens is 1. The minimum Gasteiger partial charge on any atom is -0.261 e. The van der Waals surface area contributed by atoms with Crippen LogP contribution < -0.4 is 3.53 Å². The van der Waals surface area contributed by atoms with E-state index >= 15 is 0 Å². The molecular weight excluding hydrogens is 285 g/mol. The maximum absolute atomic E-state index is 3.21. The third-order valence-corrected chi connectivity index (χ3v) is 3.17. The molecule has 2 heteroatoms. The Morgan fingerprint density at radius 3 is 2.14 bits per heavy atom. The molecule has 1 unspecified atom stereocenters. The van der Waals surface area contributed by atoms with Crippen LogP contribution in [0, 0.1) is 5.92 Å². The highest BCUT2D eigenvalue weighted by molar-refractivity contribution is 14.1. The van der Waals surface area contributed by atoms with E-state index < -0.39 is 0 Å². The Bertz CT molecular complexity index is 106. The molecule has 0 aromatic heterocycles. The van der Waals surface area contributed by atoms with Crippen LogP contribution in [0.1, 0.15) is 65.2 Å². The summed E-state index contributed by atoms with van der Waals surface area (Å²) in [7, 11) is 0. The van der Waals surface area contributed by atoms with Crippen molar-refractivity contribution in [1.29, 1.82) is 0 Å². The van der Waals surface area contributed by atoms with Gasteiger partial charge in [-0.15, -0.1) is 0 Å². The lowest BCUT2D eigenvalue weighted by Crippen LogP contribution is -2.10. The Morgan fingerprint density at radius 2 is 1.57 bits per heavy atom. The van der Waals surface area contributed by atoms with Gasteiger partial charge in [0.05, 0.1) is 0 Å². The summed E-state index contributed by atoms with van der Waals surface area (Å²) in [6, 6.07) is 0. The van der Waals surface area contributed by atoms with Crippen LogP contribution in [-0.4, -0.2) is 6.54 Å². The predicted octanol–water partition coefficient (Wildman–Crippen LogP) is 4.70. The molecule has 14 heavy (non-hydrogen) atoms. The van der Waals surface area contributed by atoms with Crippen molar-refractivity contribution in [2.75, 3.05) is 6.54 Å². The van der Waals surface area contributed by atoms with E-state index in [2.05, 4.69) is 40.2 Å². The zero-order chi connectivity index (χ0) is 10.6. The molecule has 0 saturated carbocycles. The number of rotatable bonds is 10. The third-order valence-electron chi connectivity index (χ3n) is 2.73. The molecule has 0 aliphatic rings. The summed E-state index contributed by atoms with van der Waals surface area (Å²) in [5, 5.41) is 0. The summed E-state index contributed by atoms with van der Waals surface area (Å²) in [4.78, 5) is 0. The van der Waals surface area contributed by atoms with Crippen LogP contribution in [0.2, 0.25) is 0 Å². The van der Waals surface area contributed by atoms with Crippen molar-refractivity contribution in [3.8, 4) is 0 Å². The van der Waals surface area contributed by atoms with Gasteiger partial charge < -0.3 is 0 Å². The largest absolute Gasteiger partial charge is 0.261 e. The molecule has 0 amide bonds.